The van der Waals surface area contributed by atoms with Crippen LogP contribution in [-0.4, -0.2) is 43.5 Å². The fourth-order valence-corrected chi connectivity index (χ4v) is 6.78. The lowest BCUT2D eigenvalue weighted by Crippen LogP contribution is -2.39. The van der Waals surface area contributed by atoms with Crippen molar-refractivity contribution in [3.8, 4) is 0 Å². The molecule has 1 aromatic heterocycles. The van der Waals surface area contributed by atoms with Gasteiger partial charge in [0.05, 0.1) is 24.2 Å². The second-order valence-electron chi connectivity index (χ2n) is 7.33. The van der Waals surface area contributed by atoms with E-state index in [1.807, 2.05) is 6.07 Å². The maximum absolute atomic E-state index is 13.5. The molecule has 3 aliphatic rings. The van der Waals surface area contributed by atoms with Crippen molar-refractivity contribution in [1.82, 2.24) is 9.29 Å². The van der Waals surface area contributed by atoms with Gasteiger partial charge in [-0.3, -0.25) is 4.98 Å². The van der Waals surface area contributed by atoms with Gasteiger partial charge in [-0.1, -0.05) is 18.6 Å². The summed E-state index contributed by atoms with van der Waals surface area (Å²) < 4.78 is 34.3. The van der Waals surface area contributed by atoms with Gasteiger partial charge < -0.3 is 4.74 Å². The maximum atomic E-state index is 13.5. The molecule has 2 atom stereocenters. The molecule has 1 saturated carbocycles. The van der Waals surface area contributed by atoms with E-state index >= 15 is 0 Å². The summed E-state index contributed by atoms with van der Waals surface area (Å²) in [4.78, 5) is 4.50. The number of ether oxygens (including phenoxy) is 1. The standard InChI is InChI=1S/C18H20N2O3S/c21-24(22,17-4-1-3-13-9-19-8-5-14(13)17)20-12-18(6-2-7-18)15-10-23-11-16(15)20/h1,3-5,8-9,15-16H,2,6-7,10-12H2/t15-,16-/m1/s1. The molecule has 24 heavy (non-hydrogen) atoms. The van der Waals surface area contributed by atoms with Gasteiger partial charge in [-0.25, -0.2) is 8.42 Å². The van der Waals surface area contributed by atoms with Crippen LogP contribution >= 0.6 is 0 Å². The van der Waals surface area contributed by atoms with Crippen LogP contribution in [0.4, 0.5) is 0 Å². The van der Waals surface area contributed by atoms with E-state index in [2.05, 4.69) is 4.98 Å². The molecular weight excluding hydrogens is 324 g/mol. The number of nitrogens with zero attached hydrogens (tertiary/aromatic N) is 2. The van der Waals surface area contributed by atoms with Crippen LogP contribution in [0.2, 0.25) is 0 Å². The second kappa shape index (κ2) is 5.00. The number of hydrogen-bond donors (Lipinski definition) is 0. The summed E-state index contributed by atoms with van der Waals surface area (Å²) in [5.74, 6) is 0.359. The molecule has 126 valence electrons. The zero-order valence-corrected chi connectivity index (χ0v) is 14.2. The van der Waals surface area contributed by atoms with Gasteiger partial charge >= 0.3 is 0 Å². The van der Waals surface area contributed by atoms with Gasteiger partial charge in [0.1, 0.15) is 0 Å². The minimum Gasteiger partial charge on any atom is -0.379 e. The average molecular weight is 344 g/mol. The Hall–Kier alpha value is -1.50. The van der Waals surface area contributed by atoms with Crippen LogP contribution in [0.25, 0.3) is 10.8 Å². The molecule has 0 N–H and O–H groups in total. The van der Waals surface area contributed by atoms with Crippen molar-refractivity contribution < 1.29 is 13.2 Å². The Balaban J connectivity index is 1.62. The van der Waals surface area contributed by atoms with E-state index < -0.39 is 10.0 Å². The molecule has 5 rings (SSSR count). The Morgan fingerprint density at radius 1 is 1.21 bits per heavy atom. The van der Waals surface area contributed by atoms with Crippen molar-refractivity contribution in [2.24, 2.45) is 11.3 Å². The third kappa shape index (κ3) is 1.87. The molecule has 0 bridgehead atoms. The first-order chi connectivity index (χ1) is 11.6. The zero-order chi connectivity index (χ0) is 16.4. The van der Waals surface area contributed by atoms with E-state index in [4.69, 9.17) is 4.74 Å². The summed E-state index contributed by atoms with van der Waals surface area (Å²) in [6.45, 7) is 1.88. The summed E-state index contributed by atoms with van der Waals surface area (Å²) in [5.41, 5.74) is 0.153. The summed E-state index contributed by atoms with van der Waals surface area (Å²) >= 11 is 0. The van der Waals surface area contributed by atoms with Crippen LogP contribution in [0.5, 0.6) is 0 Å². The van der Waals surface area contributed by atoms with Crippen molar-refractivity contribution in [2.45, 2.75) is 30.2 Å². The highest BCUT2D eigenvalue weighted by molar-refractivity contribution is 7.89. The number of benzene rings is 1. The van der Waals surface area contributed by atoms with Crippen molar-refractivity contribution in [2.75, 3.05) is 19.8 Å². The zero-order valence-electron chi connectivity index (χ0n) is 13.4. The lowest BCUT2D eigenvalue weighted by molar-refractivity contribution is 0.0601. The lowest BCUT2D eigenvalue weighted by Gasteiger charge is -2.42. The Kier molecular flexibility index (Phi) is 3.09. The molecule has 1 aliphatic carbocycles. The van der Waals surface area contributed by atoms with E-state index in [0.29, 0.717) is 30.6 Å². The van der Waals surface area contributed by atoms with Gasteiger partial charge in [0.2, 0.25) is 10.0 Å². The number of fused-ring (bicyclic) bond motifs is 3. The minimum absolute atomic E-state index is 0.00704. The Morgan fingerprint density at radius 2 is 2.08 bits per heavy atom. The number of rotatable bonds is 2. The minimum atomic E-state index is -3.54. The van der Waals surface area contributed by atoms with Crippen molar-refractivity contribution >= 4 is 20.8 Å². The van der Waals surface area contributed by atoms with Gasteiger partial charge in [-0.15, -0.1) is 0 Å². The first kappa shape index (κ1) is 14.8. The van der Waals surface area contributed by atoms with Crippen LogP contribution in [0.1, 0.15) is 19.3 Å². The topological polar surface area (TPSA) is 59.5 Å². The first-order valence-electron chi connectivity index (χ1n) is 8.54. The van der Waals surface area contributed by atoms with Gasteiger partial charge in [0.15, 0.2) is 0 Å². The first-order valence-corrected chi connectivity index (χ1v) is 9.98. The van der Waals surface area contributed by atoms with E-state index in [-0.39, 0.29) is 11.5 Å². The van der Waals surface area contributed by atoms with E-state index in [9.17, 15) is 8.42 Å². The molecule has 3 heterocycles. The average Bonchev–Trinajstić information content (AvgIpc) is 3.14. The molecule has 5 nitrogen and oxygen atoms in total. The van der Waals surface area contributed by atoms with Gasteiger partial charge in [0.25, 0.3) is 0 Å². The van der Waals surface area contributed by atoms with Gasteiger partial charge in [-0.05, 0) is 30.4 Å². The quantitative estimate of drug-likeness (QED) is 0.839. The van der Waals surface area contributed by atoms with Crippen LogP contribution in [-0.2, 0) is 14.8 Å². The van der Waals surface area contributed by atoms with Crippen LogP contribution in [0.3, 0.4) is 0 Å². The van der Waals surface area contributed by atoms with Crippen molar-refractivity contribution in [1.29, 1.82) is 0 Å². The Morgan fingerprint density at radius 3 is 2.88 bits per heavy atom. The molecule has 1 spiro atoms. The lowest BCUT2D eigenvalue weighted by atomic mass is 9.62. The molecule has 1 aromatic carbocycles. The summed E-state index contributed by atoms with van der Waals surface area (Å²) in [5, 5.41) is 1.60. The molecular formula is C18H20N2O3S. The smallest absolute Gasteiger partial charge is 0.244 e. The monoisotopic (exact) mass is 344 g/mol. The predicted molar refractivity (Wildman–Crippen MR) is 90.0 cm³/mol. The predicted octanol–water partition coefficient (Wildman–Crippen LogP) is 2.42. The molecule has 0 amide bonds. The Labute approximate surface area is 141 Å². The van der Waals surface area contributed by atoms with E-state index in [1.54, 1.807) is 34.9 Å². The largest absolute Gasteiger partial charge is 0.379 e. The molecule has 3 fully saturated rings. The summed E-state index contributed by atoms with van der Waals surface area (Å²) in [6.07, 6.45) is 6.83. The summed E-state index contributed by atoms with van der Waals surface area (Å²) in [7, 11) is -3.54. The van der Waals surface area contributed by atoms with Crippen LogP contribution < -0.4 is 0 Å². The number of hydrogen-bond acceptors (Lipinski definition) is 4. The maximum Gasteiger partial charge on any atom is 0.244 e. The van der Waals surface area contributed by atoms with Gasteiger partial charge in [-0.2, -0.15) is 4.31 Å². The fraction of sp³-hybridized carbons (Fsp3) is 0.500. The van der Waals surface area contributed by atoms with E-state index in [1.165, 1.54) is 6.42 Å². The number of aromatic nitrogens is 1. The van der Waals surface area contributed by atoms with Crippen LogP contribution in [0, 0.1) is 11.3 Å². The molecule has 2 aromatic rings. The molecule has 6 heteroatoms. The number of sulfonamides is 1. The summed E-state index contributed by atoms with van der Waals surface area (Å²) in [6, 6.07) is 7.20. The van der Waals surface area contributed by atoms with Gasteiger partial charge in [0, 0.05) is 35.6 Å². The van der Waals surface area contributed by atoms with Crippen molar-refractivity contribution in [3.05, 3.63) is 36.7 Å². The molecule has 2 aliphatic heterocycles. The normalized spacial score (nSPS) is 29.0. The number of pyridine rings is 1. The van der Waals surface area contributed by atoms with E-state index in [0.717, 1.165) is 23.6 Å². The molecule has 0 unspecified atom stereocenters. The highest BCUT2D eigenvalue weighted by Crippen LogP contribution is 2.56. The fourth-order valence-electron chi connectivity index (χ4n) is 4.82. The second-order valence-corrected chi connectivity index (χ2v) is 9.19. The SMILES string of the molecule is O=S(=O)(c1cccc2cnccc12)N1CC2(CCC2)[C@@H]2COC[C@H]21. The third-order valence-corrected chi connectivity index (χ3v) is 8.18. The third-order valence-electron chi connectivity index (χ3n) is 6.25. The van der Waals surface area contributed by atoms with Crippen LogP contribution in [0.15, 0.2) is 41.6 Å². The Bertz CT molecular complexity index is 902. The highest BCUT2D eigenvalue weighted by atomic mass is 32.2. The van der Waals surface area contributed by atoms with Crippen molar-refractivity contribution in [3.63, 3.8) is 0 Å². The highest BCUT2D eigenvalue weighted by Gasteiger charge is 2.60. The molecule has 2 saturated heterocycles. The molecule has 0 radical (unpaired) electrons.